The van der Waals surface area contributed by atoms with Crippen molar-refractivity contribution in [3.8, 4) is 0 Å². The molecule has 1 amide bonds. The van der Waals surface area contributed by atoms with Crippen LogP contribution in [0.15, 0.2) is 24.4 Å². The van der Waals surface area contributed by atoms with E-state index in [1.807, 2.05) is 0 Å². The smallest absolute Gasteiger partial charge is 0.421 e. The quantitative estimate of drug-likeness (QED) is 0.873. The van der Waals surface area contributed by atoms with E-state index in [2.05, 4.69) is 15.0 Å². The van der Waals surface area contributed by atoms with Gasteiger partial charge in [-0.3, -0.25) is 5.32 Å². The molecule has 2 heterocycles. The zero-order chi connectivity index (χ0) is 15.6. The highest BCUT2D eigenvalue weighted by atomic mass is 16.6. The maximum atomic E-state index is 12.3. The van der Waals surface area contributed by atoms with E-state index in [9.17, 15) is 9.59 Å². The van der Waals surface area contributed by atoms with Crippen LogP contribution in [-0.4, -0.2) is 34.4 Å². The highest BCUT2D eigenvalue weighted by Gasteiger charge is 2.23. The van der Waals surface area contributed by atoms with Crippen LogP contribution in [-0.2, 0) is 9.47 Å². The molecule has 21 heavy (non-hydrogen) atoms. The molecular formula is C14H17N3O4. The lowest BCUT2D eigenvalue weighted by molar-refractivity contribution is 0.0547. The van der Waals surface area contributed by atoms with E-state index in [4.69, 9.17) is 4.74 Å². The molecular weight excluding hydrogens is 274 g/mol. The summed E-state index contributed by atoms with van der Waals surface area (Å²) in [6, 6.07) is 5.15. The molecule has 7 heteroatoms. The van der Waals surface area contributed by atoms with Gasteiger partial charge in [-0.15, -0.1) is 0 Å². The summed E-state index contributed by atoms with van der Waals surface area (Å²) in [7, 11) is 1.24. The van der Waals surface area contributed by atoms with Crippen molar-refractivity contribution in [2.45, 2.75) is 26.4 Å². The van der Waals surface area contributed by atoms with E-state index in [0.29, 0.717) is 11.0 Å². The van der Waals surface area contributed by atoms with Crippen LogP contribution >= 0.6 is 0 Å². The fourth-order valence-corrected chi connectivity index (χ4v) is 1.77. The Balaban J connectivity index is 2.50. The summed E-state index contributed by atoms with van der Waals surface area (Å²) in [5.41, 5.74) is -0.261. The third-order valence-electron chi connectivity index (χ3n) is 2.55. The lowest BCUT2D eigenvalue weighted by Crippen LogP contribution is -2.28. The fraction of sp³-hybridized carbons (Fsp3) is 0.357. The van der Waals surface area contributed by atoms with Crippen LogP contribution in [0.2, 0.25) is 0 Å². The normalized spacial score (nSPS) is 11.2. The number of amides is 1. The molecule has 0 aliphatic heterocycles. The monoisotopic (exact) mass is 291 g/mol. The summed E-state index contributed by atoms with van der Waals surface area (Å²) in [6.07, 6.45) is 0.260. The molecule has 1 N–H and O–H groups in total. The van der Waals surface area contributed by atoms with Crippen molar-refractivity contribution in [3.63, 3.8) is 0 Å². The van der Waals surface area contributed by atoms with Crippen molar-refractivity contribution in [2.24, 2.45) is 0 Å². The van der Waals surface area contributed by atoms with Crippen molar-refractivity contribution >= 4 is 29.0 Å². The number of aromatic nitrogens is 2. The molecule has 0 aliphatic rings. The van der Waals surface area contributed by atoms with Crippen LogP contribution in [0.3, 0.4) is 0 Å². The zero-order valence-electron chi connectivity index (χ0n) is 12.3. The second-order valence-electron chi connectivity index (χ2n) is 5.38. The number of nitrogens with zero attached hydrogens (tertiary/aromatic N) is 2. The van der Waals surface area contributed by atoms with Gasteiger partial charge in [0.1, 0.15) is 11.4 Å². The van der Waals surface area contributed by atoms with Crippen molar-refractivity contribution in [1.29, 1.82) is 0 Å². The molecule has 2 aromatic rings. The topological polar surface area (TPSA) is 82.5 Å². The lowest BCUT2D eigenvalue weighted by Gasteiger charge is -2.20. The zero-order valence-corrected chi connectivity index (χ0v) is 12.3. The second kappa shape index (κ2) is 5.43. The molecule has 0 spiro atoms. The molecule has 0 radical (unpaired) electrons. The van der Waals surface area contributed by atoms with E-state index in [-0.39, 0.29) is 5.82 Å². The van der Waals surface area contributed by atoms with Crippen molar-refractivity contribution in [3.05, 3.63) is 24.4 Å². The predicted octanol–water partition coefficient (Wildman–Crippen LogP) is 3.00. The van der Waals surface area contributed by atoms with E-state index in [1.54, 1.807) is 45.2 Å². The average molecular weight is 291 g/mol. The molecule has 0 fully saturated rings. The van der Waals surface area contributed by atoms with E-state index in [0.717, 1.165) is 0 Å². The molecule has 0 aromatic carbocycles. The number of nitrogens with one attached hydrogen (secondary N) is 1. The fourth-order valence-electron chi connectivity index (χ4n) is 1.77. The van der Waals surface area contributed by atoms with Crippen molar-refractivity contribution in [2.75, 3.05) is 12.4 Å². The number of anilines is 1. The summed E-state index contributed by atoms with van der Waals surface area (Å²) in [6.45, 7) is 5.28. The van der Waals surface area contributed by atoms with Crippen LogP contribution in [0.5, 0.6) is 0 Å². The number of ether oxygens (including phenoxy) is 2. The van der Waals surface area contributed by atoms with Crippen LogP contribution in [0, 0.1) is 0 Å². The third kappa shape index (κ3) is 3.31. The molecule has 0 saturated heterocycles. The molecule has 2 aromatic heterocycles. The Morgan fingerprint density at radius 2 is 2.05 bits per heavy atom. The van der Waals surface area contributed by atoms with Gasteiger partial charge in [0.15, 0.2) is 5.65 Å². The number of hydrogen-bond donors (Lipinski definition) is 1. The van der Waals surface area contributed by atoms with Gasteiger partial charge in [0.25, 0.3) is 0 Å². The van der Waals surface area contributed by atoms with Gasteiger partial charge in [-0.2, -0.15) is 0 Å². The Hall–Kier alpha value is -2.57. The van der Waals surface area contributed by atoms with Crippen molar-refractivity contribution in [1.82, 2.24) is 9.55 Å². The third-order valence-corrected chi connectivity index (χ3v) is 2.55. The Kier molecular flexibility index (Phi) is 3.84. The summed E-state index contributed by atoms with van der Waals surface area (Å²) in [4.78, 5) is 27.9. The van der Waals surface area contributed by atoms with Gasteiger partial charge in [0, 0.05) is 11.6 Å². The van der Waals surface area contributed by atoms with Gasteiger partial charge in [-0.1, -0.05) is 0 Å². The van der Waals surface area contributed by atoms with Gasteiger partial charge in [-0.05, 0) is 39.0 Å². The van der Waals surface area contributed by atoms with E-state index < -0.39 is 17.8 Å². The van der Waals surface area contributed by atoms with Gasteiger partial charge < -0.3 is 9.47 Å². The molecule has 0 saturated carbocycles. The Bertz CT molecular complexity index is 685. The summed E-state index contributed by atoms with van der Waals surface area (Å²) in [5.74, 6) is 0.241. The minimum atomic E-state index is -0.678. The Labute approximate surface area is 121 Å². The maximum Gasteiger partial charge on any atom is 0.421 e. The number of methoxy groups -OCH3 is 1. The highest BCUT2D eigenvalue weighted by Crippen LogP contribution is 2.23. The molecule has 112 valence electrons. The standard InChI is InChI=1S/C14H17N3O4/c1-14(2,3)21-13(19)17-10(16-12(18)20-4)8-9-6-5-7-15-11(9)17/h5-8H,1-4H3,(H,16,18). The largest absolute Gasteiger partial charge is 0.453 e. The molecule has 7 nitrogen and oxygen atoms in total. The molecule has 0 atom stereocenters. The maximum absolute atomic E-state index is 12.3. The minimum Gasteiger partial charge on any atom is -0.453 e. The molecule has 2 rings (SSSR count). The summed E-state index contributed by atoms with van der Waals surface area (Å²) < 4.78 is 11.1. The van der Waals surface area contributed by atoms with Crippen LogP contribution in [0.4, 0.5) is 15.4 Å². The predicted molar refractivity (Wildman–Crippen MR) is 77.4 cm³/mol. The Morgan fingerprint density at radius 3 is 2.67 bits per heavy atom. The van der Waals surface area contributed by atoms with Crippen molar-refractivity contribution < 1.29 is 19.1 Å². The van der Waals surface area contributed by atoms with Gasteiger partial charge in [0.05, 0.1) is 7.11 Å². The molecule has 0 bridgehead atoms. The number of carbonyl (C=O) groups excluding carboxylic acids is 2. The van der Waals surface area contributed by atoms with Crippen LogP contribution < -0.4 is 5.32 Å². The number of hydrogen-bond acceptors (Lipinski definition) is 5. The van der Waals surface area contributed by atoms with Gasteiger partial charge in [-0.25, -0.2) is 19.1 Å². The number of pyridine rings is 1. The summed E-state index contributed by atoms with van der Waals surface area (Å²) in [5, 5.41) is 3.18. The van der Waals surface area contributed by atoms with Gasteiger partial charge in [0.2, 0.25) is 0 Å². The first-order valence-corrected chi connectivity index (χ1v) is 6.36. The highest BCUT2D eigenvalue weighted by molar-refractivity contribution is 5.96. The van der Waals surface area contributed by atoms with Crippen LogP contribution in [0.1, 0.15) is 20.8 Å². The minimum absolute atomic E-state index is 0.241. The summed E-state index contributed by atoms with van der Waals surface area (Å²) >= 11 is 0. The average Bonchev–Trinajstić information content (AvgIpc) is 2.74. The molecule has 0 unspecified atom stereocenters. The second-order valence-corrected chi connectivity index (χ2v) is 5.38. The van der Waals surface area contributed by atoms with E-state index in [1.165, 1.54) is 11.7 Å². The lowest BCUT2D eigenvalue weighted by atomic mass is 10.2. The first kappa shape index (κ1) is 14.8. The first-order chi connectivity index (χ1) is 9.81. The number of carbonyl (C=O) groups is 2. The SMILES string of the molecule is COC(=O)Nc1cc2cccnc2n1C(=O)OC(C)(C)C. The van der Waals surface area contributed by atoms with Gasteiger partial charge >= 0.3 is 12.2 Å². The van der Waals surface area contributed by atoms with Crippen LogP contribution in [0.25, 0.3) is 11.0 Å². The molecule has 0 aliphatic carbocycles. The Morgan fingerprint density at radius 1 is 1.33 bits per heavy atom. The number of fused-ring (bicyclic) bond motifs is 1. The first-order valence-electron chi connectivity index (χ1n) is 6.36. The van der Waals surface area contributed by atoms with E-state index >= 15 is 0 Å². The number of rotatable bonds is 1.